The summed E-state index contributed by atoms with van der Waals surface area (Å²) in [4.78, 5) is 21.7. The maximum absolute atomic E-state index is 14.8. The van der Waals surface area contributed by atoms with Gasteiger partial charge >= 0.3 is 0 Å². The molecule has 1 aliphatic rings. The van der Waals surface area contributed by atoms with Crippen molar-refractivity contribution in [3.05, 3.63) is 70.4 Å². The van der Waals surface area contributed by atoms with E-state index in [4.69, 9.17) is 4.74 Å². The molecule has 0 radical (unpaired) electrons. The van der Waals surface area contributed by atoms with Crippen LogP contribution in [0.1, 0.15) is 62.4 Å². The highest BCUT2D eigenvalue weighted by atomic mass is 19.1. The number of nitrogens with one attached hydrogen (secondary N) is 1. The molecule has 1 fully saturated rings. The number of nitrogens with zero attached hydrogens (tertiary/aromatic N) is 2. The van der Waals surface area contributed by atoms with Crippen LogP contribution in [-0.4, -0.2) is 34.6 Å². The highest BCUT2D eigenvalue weighted by molar-refractivity contribution is 5.62. The van der Waals surface area contributed by atoms with Crippen LogP contribution >= 0.6 is 0 Å². The summed E-state index contributed by atoms with van der Waals surface area (Å²) in [5.41, 5.74) is 1.78. The molecule has 1 aromatic rings. The molecule has 1 aliphatic heterocycles. The number of unbranched alkanes of at least 4 members (excludes halogenated alkanes) is 1. The Morgan fingerprint density at radius 3 is 2.70 bits per heavy atom. The Hall–Kier alpha value is -2.63. The van der Waals surface area contributed by atoms with E-state index in [9.17, 15) is 9.18 Å². The molecule has 6 heteroatoms. The van der Waals surface area contributed by atoms with E-state index in [1.165, 1.54) is 18.7 Å². The number of likely N-dealkylation sites (tertiary alicyclic amines) is 1. The normalized spacial score (nSPS) is 13.5. The number of H-pyrrole nitrogens is 1. The minimum absolute atomic E-state index is 0.311. The molecule has 0 saturated carbocycles. The van der Waals surface area contributed by atoms with Crippen molar-refractivity contribution in [3.8, 4) is 0 Å². The van der Waals surface area contributed by atoms with Gasteiger partial charge in [-0.05, 0) is 64.5 Å². The van der Waals surface area contributed by atoms with Gasteiger partial charge < -0.3 is 14.6 Å². The Morgan fingerprint density at radius 2 is 2.00 bits per heavy atom. The summed E-state index contributed by atoms with van der Waals surface area (Å²) in [7, 11) is 0. The van der Waals surface area contributed by atoms with Crippen LogP contribution in [0.2, 0.25) is 0 Å². The number of piperidine rings is 1. The average Bonchev–Trinajstić information content (AvgIpc) is 2.73. The van der Waals surface area contributed by atoms with Crippen LogP contribution in [0.4, 0.5) is 4.39 Å². The second kappa shape index (κ2) is 12.2. The van der Waals surface area contributed by atoms with Gasteiger partial charge in [-0.25, -0.2) is 4.39 Å². The number of ether oxygens (including phenoxy) is 1. The fourth-order valence-electron chi connectivity index (χ4n) is 3.55. The molecular weight excluding hydrogens is 381 g/mol. The van der Waals surface area contributed by atoms with Gasteiger partial charge in [0.2, 0.25) is 0 Å². The Kier molecular flexibility index (Phi) is 9.58. The Labute approximate surface area is 179 Å². The zero-order valence-electron chi connectivity index (χ0n) is 18.3. The monoisotopic (exact) mass is 415 g/mol. The van der Waals surface area contributed by atoms with E-state index in [0.717, 1.165) is 51.0 Å². The topological polar surface area (TPSA) is 58.2 Å². The van der Waals surface area contributed by atoms with Gasteiger partial charge in [-0.2, -0.15) is 0 Å². The van der Waals surface area contributed by atoms with Crippen molar-refractivity contribution < 1.29 is 9.13 Å². The van der Waals surface area contributed by atoms with Crippen molar-refractivity contribution in [2.45, 2.75) is 58.8 Å². The fraction of sp³-hybridized carbons (Fsp3) is 0.500. The maximum Gasteiger partial charge on any atom is 0.269 e. The smallest absolute Gasteiger partial charge is 0.269 e. The van der Waals surface area contributed by atoms with Crippen molar-refractivity contribution in [2.75, 3.05) is 19.7 Å². The number of aromatic nitrogens is 2. The second-order valence-electron chi connectivity index (χ2n) is 7.59. The van der Waals surface area contributed by atoms with E-state index in [2.05, 4.69) is 28.0 Å². The minimum atomic E-state index is -0.432. The lowest BCUT2D eigenvalue weighted by Gasteiger charge is -2.30. The first-order chi connectivity index (χ1) is 14.4. The second-order valence-corrected chi connectivity index (χ2v) is 7.59. The third-order valence-corrected chi connectivity index (χ3v) is 5.14. The van der Waals surface area contributed by atoms with Crippen molar-refractivity contribution in [1.29, 1.82) is 0 Å². The molecule has 2 rings (SSSR count). The predicted molar refractivity (Wildman–Crippen MR) is 120 cm³/mol. The van der Waals surface area contributed by atoms with E-state index >= 15 is 0 Å². The number of aromatic amines is 1. The third kappa shape index (κ3) is 7.32. The lowest BCUT2D eigenvalue weighted by atomic mass is 10.1. The highest BCUT2D eigenvalue weighted by Gasteiger charge is 2.15. The van der Waals surface area contributed by atoms with E-state index in [-0.39, 0.29) is 5.56 Å². The molecule has 0 atom stereocenters. The molecule has 0 spiro atoms. The van der Waals surface area contributed by atoms with Gasteiger partial charge in [0.25, 0.3) is 5.56 Å². The van der Waals surface area contributed by atoms with Crippen LogP contribution in [0.15, 0.2) is 42.0 Å². The van der Waals surface area contributed by atoms with Gasteiger partial charge in [-0.1, -0.05) is 13.2 Å². The van der Waals surface area contributed by atoms with Crippen molar-refractivity contribution in [1.82, 2.24) is 14.9 Å². The van der Waals surface area contributed by atoms with Gasteiger partial charge in [-0.15, -0.1) is 0 Å². The first-order valence-corrected chi connectivity index (χ1v) is 10.8. The van der Waals surface area contributed by atoms with Crippen molar-refractivity contribution in [2.24, 2.45) is 0 Å². The summed E-state index contributed by atoms with van der Waals surface area (Å²) in [6.45, 7) is 14.1. The molecule has 0 aliphatic carbocycles. The molecule has 0 unspecified atom stereocenters. The number of allylic oxidation sites excluding steroid dienone is 1. The third-order valence-electron chi connectivity index (χ3n) is 5.14. The first-order valence-electron chi connectivity index (χ1n) is 10.8. The quantitative estimate of drug-likeness (QED) is 0.452. The Balaban J connectivity index is 2.26. The Bertz CT molecular complexity index is 856. The summed E-state index contributed by atoms with van der Waals surface area (Å²) in [5, 5.41) is 0. The van der Waals surface area contributed by atoms with E-state index in [0.29, 0.717) is 35.7 Å². The molecule has 0 bridgehead atoms. The predicted octanol–water partition coefficient (Wildman–Crippen LogP) is 5.06. The molecule has 1 aromatic heterocycles. The molecule has 1 saturated heterocycles. The van der Waals surface area contributed by atoms with Crippen LogP contribution < -0.4 is 5.56 Å². The summed E-state index contributed by atoms with van der Waals surface area (Å²) >= 11 is 0. The molecule has 164 valence electrons. The molecule has 0 amide bonds. The summed E-state index contributed by atoms with van der Waals surface area (Å²) in [5.74, 6) is 0.327. The van der Waals surface area contributed by atoms with Gasteiger partial charge in [-0.3, -0.25) is 9.78 Å². The number of hydrogen-bond donors (Lipinski definition) is 1. The standard InChI is InChI=1S/C24H34FN3O2/c1-5-30-19(3)11-7-8-12-23-24(29)26-14-13-22(25)21(17-18(2)27-23)20(4)28-15-9-6-10-16-28/h13-14,17H,3-12,15-16H2,1-2H3,(H,26,29). The molecule has 0 aromatic carbocycles. The minimum Gasteiger partial charge on any atom is -0.499 e. The van der Waals surface area contributed by atoms with Crippen molar-refractivity contribution >= 4 is 5.70 Å². The van der Waals surface area contributed by atoms with E-state index in [1.807, 2.05) is 6.92 Å². The fourth-order valence-corrected chi connectivity index (χ4v) is 3.55. The zero-order valence-corrected chi connectivity index (χ0v) is 18.3. The van der Waals surface area contributed by atoms with Gasteiger partial charge in [0, 0.05) is 42.7 Å². The van der Waals surface area contributed by atoms with Crippen LogP contribution in [0.5, 0.6) is 0 Å². The molecular formula is C24H34FN3O2. The average molecular weight is 416 g/mol. The van der Waals surface area contributed by atoms with Crippen molar-refractivity contribution in [3.63, 3.8) is 0 Å². The molecule has 1 N–H and O–H groups in total. The van der Waals surface area contributed by atoms with Crippen LogP contribution in [0.3, 0.4) is 0 Å². The first kappa shape index (κ1) is 23.6. The molecule has 5 nitrogen and oxygen atoms in total. The highest BCUT2D eigenvalue weighted by Crippen LogP contribution is 2.23. The number of hydrogen-bond acceptors (Lipinski definition) is 4. The lowest BCUT2D eigenvalue weighted by molar-refractivity contribution is 0.218. The maximum atomic E-state index is 14.8. The zero-order chi connectivity index (χ0) is 21.9. The van der Waals surface area contributed by atoms with Gasteiger partial charge in [0.1, 0.15) is 11.5 Å². The summed E-state index contributed by atoms with van der Waals surface area (Å²) < 4.78 is 20.2. The van der Waals surface area contributed by atoms with Crippen LogP contribution in [0.25, 0.3) is 5.70 Å². The number of halogens is 1. The lowest BCUT2D eigenvalue weighted by Crippen LogP contribution is -2.28. The van der Waals surface area contributed by atoms with E-state index < -0.39 is 5.82 Å². The van der Waals surface area contributed by atoms with Crippen LogP contribution in [0, 0.1) is 12.7 Å². The summed E-state index contributed by atoms with van der Waals surface area (Å²) in [6.07, 6.45) is 7.62. The number of aryl methyl sites for hydroxylation is 2. The Morgan fingerprint density at radius 1 is 1.27 bits per heavy atom. The van der Waals surface area contributed by atoms with Crippen LogP contribution in [-0.2, 0) is 11.2 Å². The SMILES string of the molecule is C=C(CCCCc1nc(C)cc(C(=C)N2CCCCC2)c(F)cc[nH]c1=O)OCC. The van der Waals surface area contributed by atoms with Gasteiger partial charge in [0.15, 0.2) is 0 Å². The number of rotatable bonds is 9. The molecule has 30 heavy (non-hydrogen) atoms. The molecule has 2 heterocycles. The van der Waals surface area contributed by atoms with E-state index in [1.54, 1.807) is 13.0 Å². The largest absolute Gasteiger partial charge is 0.499 e. The summed E-state index contributed by atoms with van der Waals surface area (Å²) in [6, 6.07) is 2.97. The van der Waals surface area contributed by atoms with Gasteiger partial charge in [0.05, 0.1) is 12.4 Å².